The molecule has 0 unspecified atom stereocenters. The molecular formula is C22H30N2O4. The van der Waals surface area contributed by atoms with Gasteiger partial charge >= 0.3 is 0 Å². The molecule has 1 saturated carbocycles. The van der Waals surface area contributed by atoms with Crippen molar-refractivity contribution in [3.05, 3.63) is 35.9 Å². The Bertz CT molecular complexity index is 669. The van der Waals surface area contributed by atoms with Gasteiger partial charge in [-0.2, -0.15) is 0 Å². The molecule has 1 N–H and O–H groups in total. The highest BCUT2D eigenvalue weighted by atomic mass is 16.7. The van der Waals surface area contributed by atoms with Crippen LogP contribution >= 0.6 is 0 Å². The van der Waals surface area contributed by atoms with Gasteiger partial charge in [0.15, 0.2) is 11.6 Å². The molecule has 28 heavy (non-hydrogen) atoms. The molecule has 0 radical (unpaired) electrons. The third kappa shape index (κ3) is 4.62. The summed E-state index contributed by atoms with van der Waals surface area (Å²) in [6.45, 7) is 3.37. The van der Waals surface area contributed by atoms with E-state index in [-0.39, 0.29) is 29.4 Å². The lowest BCUT2D eigenvalue weighted by molar-refractivity contribution is -0.180. The Hall–Kier alpha value is -1.76. The van der Waals surface area contributed by atoms with Crippen molar-refractivity contribution in [3.63, 3.8) is 0 Å². The van der Waals surface area contributed by atoms with Crippen molar-refractivity contribution in [1.82, 2.24) is 10.2 Å². The standard InChI is InChI=1S/C22H30N2O4/c25-20(23-19-6-10-22(11-7-19)27-14-15-28-22)16-24-12-8-18(9-13-24)21(26)17-4-2-1-3-5-17/h1-5,18-19H,6-16H2,(H,23,25). The summed E-state index contributed by atoms with van der Waals surface area (Å²) in [6, 6.07) is 9.73. The van der Waals surface area contributed by atoms with Crippen LogP contribution in [0.2, 0.25) is 0 Å². The number of hydrogen-bond acceptors (Lipinski definition) is 5. The van der Waals surface area contributed by atoms with Crippen molar-refractivity contribution in [3.8, 4) is 0 Å². The molecule has 2 saturated heterocycles. The molecule has 4 rings (SSSR count). The molecule has 1 aliphatic carbocycles. The second-order valence-electron chi connectivity index (χ2n) is 8.23. The second-order valence-corrected chi connectivity index (χ2v) is 8.23. The fraction of sp³-hybridized carbons (Fsp3) is 0.636. The Kier molecular flexibility index (Phi) is 6.09. The molecule has 1 amide bonds. The molecule has 0 bridgehead atoms. The molecule has 2 heterocycles. The summed E-state index contributed by atoms with van der Waals surface area (Å²) in [7, 11) is 0. The molecule has 152 valence electrons. The number of hydrogen-bond donors (Lipinski definition) is 1. The quantitative estimate of drug-likeness (QED) is 0.787. The van der Waals surface area contributed by atoms with E-state index in [0.717, 1.165) is 57.2 Å². The summed E-state index contributed by atoms with van der Waals surface area (Å²) >= 11 is 0. The van der Waals surface area contributed by atoms with Crippen LogP contribution in [0.3, 0.4) is 0 Å². The maximum absolute atomic E-state index is 12.6. The Morgan fingerprint density at radius 1 is 1.00 bits per heavy atom. The normalized spacial score (nSPS) is 23.7. The monoisotopic (exact) mass is 386 g/mol. The third-order valence-corrected chi connectivity index (χ3v) is 6.31. The lowest BCUT2D eigenvalue weighted by Crippen LogP contribution is -2.48. The lowest BCUT2D eigenvalue weighted by atomic mass is 9.89. The van der Waals surface area contributed by atoms with E-state index in [0.29, 0.717) is 19.8 Å². The smallest absolute Gasteiger partial charge is 0.234 e. The van der Waals surface area contributed by atoms with Crippen molar-refractivity contribution in [2.75, 3.05) is 32.8 Å². The largest absolute Gasteiger partial charge is 0.352 e. The van der Waals surface area contributed by atoms with Gasteiger partial charge in [-0.05, 0) is 38.8 Å². The zero-order chi connectivity index (χ0) is 19.4. The van der Waals surface area contributed by atoms with Crippen LogP contribution in [0.5, 0.6) is 0 Å². The van der Waals surface area contributed by atoms with Crippen LogP contribution in [0.15, 0.2) is 30.3 Å². The zero-order valence-electron chi connectivity index (χ0n) is 16.4. The number of Topliss-reactive ketones (excluding diaryl/α,β-unsaturated/α-hetero) is 1. The highest BCUT2D eigenvalue weighted by Crippen LogP contribution is 2.35. The van der Waals surface area contributed by atoms with Crippen LogP contribution in [-0.2, 0) is 14.3 Å². The van der Waals surface area contributed by atoms with E-state index in [2.05, 4.69) is 10.2 Å². The van der Waals surface area contributed by atoms with E-state index in [4.69, 9.17) is 9.47 Å². The maximum Gasteiger partial charge on any atom is 0.234 e. The minimum absolute atomic E-state index is 0.0719. The topological polar surface area (TPSA) is 67.9 Å². The highest BCUT2D eigenvalue weighted by Gasteiger charge is 2.40. The fourth-order valence-electron chi connectivity index (χ4n) is 4.66. The number of nitrogens with one attached hydrogen (secondary N) is 1. The van der Waals surface area contributed by atoms with Crippen LogP contribution in [0.25, 0.3) is 0 Å². The molecule has 1 aromatic carbocycles. The van der Waals surface area contributed by atoms with Gasteiger partial charge in [-0.3, -0.25) is 14.5 Å². The van der Waals surface area contributed by atoms with Gasteiger partial charge < -0.3 is 14.8 Å². The van der Waals surface area contributed by atoms with Crippen molar-refractivity contribution in [2.24, 2.45) is 5.92 Å². The average Bonchev–Trinajstić information content (AvgIpc) is 3.19. The number of ether oxygens (including phenoxy) is 2. The molecular weight excluding hydrogens is 356 g/mol. The predicted molar refractivity (Wildman–Crippen MR) is 105 cm³/mol. The lowest BCUT2D eigenvalue weighted by Gasteiger charge is -2.36. The predicted octanol–water partition coefficient (Wildman–Crippen LogP) is 2.38. The number of benzene rings is 1. The molecule has 1 aromatic rings. The number of amides is 1. The van der Waals surface area contributed by atoms with Gasteiger partial charge in [0.25, 0.3) is 0 Å². The number of piperidine rings is 1. The van der Waals surface area contributed by atoms with Gasteiger partial charge in [0.1, 0.15) is 0 Å². The summed E-state index contributed by atoms with van der Waals surface area (Å²) in [6.07, 6.45) is 5.15. The molecule has 1 spiro atoms. The third-order valence-electron chi connectivity index (χ3n) is 6.31. The van der Waals surface area contributed by atoms with Crippen molar-refractivity contribution in [1.29, 1.82) is 0 Å². The summed E-state index contributed by atoms with van der Waals surface area (Å²) in [4.78, 5) is 27.2. The molecule has 0 aromatic heterocycles. The van der Waals surface area contributed by atoms with E-state index >= 15 is 0 Å². The first-order valence-corrected chi connectivity index (χ1v) is 10.5. The Labute approximate surface area is 166 Å². The van der Waals surface area contributed by atoms with Gasteiger partial charge in [-0.15, -0.1) is 0 Å². The SMILES string of the molecule is O=C(CN1CCC(C(=O)c2ccccc2)CC1)NC1CCC2(CC1)OCCO2. The first-order chi connectivity index (χ1) is 13.6. The first kappa shape index (κ1) is 19.6. The first-order valence-electron chi connectivity index (χ1n) is 10.5. The Morgan fingerprint density at radius 3 is 2.29 bits per heavy atom. The van der Waals surface area contributed by atoms with Crippen molar-refractivity contribution in [2.45, 2.75) is 50.4 Å². The fourth-order valence-corrected chi connectivity index (χ4v) is 4.66. The molecule has 3 fully saturated rings. The average molecular weight is 386 g/mol. The van der Waals surface area contributed by atoms with E-state index in [1.165, 1.54) is 0 Å². The summed E-state index contributed by atoms with van der Waals surface area (Å²) in [5.41, 5.74) is 0.795. The van der Waals surface area contributed by atoms with Gasteiger partial charge in [0, 0.05) is 30.4 Å². The van der Waals surface area contributed by atoms with E-state index in [9.17, 15) is 9.59 Å². The van der Waals surface area contributed by atoms with Crippen LogP contribution < -0.4 is 5.32 Å². The minimum atomic E-state index is -0.381. The maximum atomic E-state index is 12.6. The van der Waals surface area contributed by atoms with Crippen LogP contribution in [0, 0.1) is 5.92 Å². The van der Waals surface area contributed by atoms with E-state index in [1.54, 1.807) is 0 Å². The summed E-state index contributed by atoms with van der Waals surface area (Å²) < 4.78 is 11.5. The van der Waals surface area contributed by atoms with E-state index < -0.39 is 0 Å². The van der Waals surface area contributed by atoms with Crippen molar-refractivity contribution < 1.29 is 19.1 Å². The Balaban J connectivity index is 1.18. The van der Waals surface area contributed by atoms with Gasteiger partial charge in [-0.25, -0.2) is 0 Å². The van der Waals surface area contributed by atoms with Crippen LogP contribution in [0.1, 0.15) is 48.9 Å². The van der Waals surface area contributed by atoms with Crippen molar-refractivity contribution >= 4 is 11.7 Å². The molecule has 6 heteroatoms. The molecule has 2 aliphatic heterocycles. The number of carbonyl (C=O) groups is 2. The van der Waals surface area contributed by atoms with Crippen LogP contribution in [-0.4, -0.2) is 61.3 Å². The second kappa shape index (κ2) is 8.72. The number of rotatable bonds is 5. The number of likely N-dealkylation sites (tertiary alicyclic amines) is 1. The number of carbonyl (C=O) groups excluding carboxylic acids is 2. The van der Waals surface area contributed by atoms with Gasteiger partial charge in [-0.1, -0.05) is 30.3 Å². The zero-order valence-corrected chi connectivity index (χ0v) is 16.4. The number of nitrogens with zero attached hydrogens (tertiary/aromatic N) is 1. The summed E-state index contributed by atoms with van der Waals surface area (Å²) in [5.74, 6) is 0.0101. The van der Waals surface area contributed by atoms with Gasteiger partial charge in [0.2, 0.25) is 5.91 Å². The van der Waals surface area contributed by atoms with Gasteiger partial charge in [0.05, 0.1) is 19.8 Å². The number of ketones is 1. The Morgan fingerprint density at radius 2 is 1.64 bits per heavy atom. The molecule has 3 aliphatic rings. The molecule has 6 nitrogen and oxygen atoms in total. The minimum Gasteiger partial charge on any atom is -0.352 e. The summed E-state index contributed by atoms with van der Waals surface area (Å²) in [5, 5.41) is 3.17. The van der Waals surface area contributed by atoms with Crippen LogP contribution in [0.4, 0.5) is 0 Å². The van der Waals surface area contributed by atoms with E-state index in [1.807, 2.05) is 30.3 Å². The molecule has 0 atom stereocenters. The highest BCUT2D eigenvalue weighted by molar-refractivity contribution is 5.97.